The molecule has 1 heterocycles. The number of hydrogen-bond donors (Lipinski definition) is 1. The fourth-order valence-electron chi connectivity index (χ4n) is 3.23. The van der Waals surface area contributed by atoms with Crippen molar-refractivity contribution < 1.29 is 17.9 Å². The lowest BCUT2D eigenvalue weighted by atomic mass is 10.2. The van der Waals surface area contributed by atoms with E-state index in [2.05, 4.69) is 5.32 Å². The Morgan fingerprint density at radius 1 is 1.00 bits per heavy atom. The van der Waals surface area contributed by atoms with E-state index in [0.29, 0.717) is 23.9 Å². The normalized spacial score (nSPS) is 15.4. The SMILES string of the molecule is O=C(NCCOc1ccc(Cl)cc1)c1cc(S(=O)(=O)N2CCCCCC2)ccc1Cl. The fraction of sp³-hybridized carbons (Fsp3) is 0.381. The average molecular weight is 471 g/mol. The topological polar surface area (TPSA) is 75.7 Å². The number of nitrogens with zero attached hydrogens (tertiary/aromatic N) is 1. The van der Waals surface area contributed by atoms with Crippen molar-refractivity contribution in [2.75, 3.05) is 26.2 Å². The van der Waals surface area contributed by atoms with E-state index in [-0.39, 0.29) is 28.6 Å². The van der Waals surface area contributed by atoms with Gasteiger partial charge in [0.2, 0.25) is 10.0 Å². The van der Waals surface area contributed by atoms with Gasteiger partial charge in [0.05, 0.1) is 22.0 Å². The van der Waals surface area contributed by atoms with Crippen molar-refractivity contribution in [1.82, 2.24) is 9.62 Å². The predicted octanol–water partition coefficient (Wildman–Crippen LogP) is 4.37. The van der Waals surface area contributed by atoms with Crippen molar-refractivity contribution in [3.8, 4) is 5.75 Å². The lowest BCUT2D eigenvalue weighted by Crippen LogP contribution is -2.32. The first kappa shape index (κ1) is 22.9. The summed E-state index contributed by atoms with van der Waals surface area (Å²) in [5.41, 5.74) is 0.124. The molecule has 1 fully saturated rings. The highest BCUT2D eigenvalue weighted by atomic mass is 35.5. The molecule has 2 aromatic rings. The van der Waals surface area contributed by atoms with E-state index in [0.717, 1.165) is 25.7 Å². The molecule has 1 N–H and O–H groups in total. The van der Waals surface area contributed by atoms with Gasteiger partial charge in [0.15, 0.2) is 0 Å². The van der Waals surface area contributed by atoms with Crippen LogP contribution in [0.3, 0.4) is 0 Å². The lowest BCUT2D eigenvalue weighted by Gasteiger charge is -2.20. The Bertz CT molecular complexity index is 973. The van der Waals surface area contributed by atoms with Crippen LogP contribution in [0.4, 0.5) is 0 Å². The van der Waals surface area contributed by atoms with Gasteiger partial charge < -0.3 is 10.1 Å². The van der Waals surface area contributed by atoms with Gasteiger partial charge in [-0.05, 0) is 55.3 Å². The zero-order chi connectivity index (χ0) is 21.6. The molecule has 0 spiro atoms. The molecule has 30 heavy (non-hydrogen) atoms. The zero-order valence-corrected chi connectivity index (χ0v) is 18.8. The summed E-state index contributed by atoms with van der Waals surface area (Å²) in [7, 11) is -3.66. The first-order valence-corrected chi connectivity index (χ1v) is 12.0. The van der Waals surface area contributed by atoms with Crippen LogP contribution in [0.2, 0.25) is 10.0 Å². The number of halogens is 2. The van der Waals surface area contributed by atoms with Crippen LogP contribution in [0.5, 0.6) is 5.75 Å². The van der Waals surface area contributed by atoms with Crippen molar-refractivity contribution in [1.29, 1.82) is 0 Å². The molecule has 1 saturated heterocycles. The van der Waals surface area contributed by atoms with Gasteiger partial charge in [-0.25, -0.2) is 8.42 Å². The van der Waals surface area contributed by atoms with Crippen LogP contribution in [0.1, 0.15) is 36.0 Å². The molecule has 1 aliphatic heterocycles. The van der Waals surface area contributed by atoms with Gasteiger partial charge in [-0.2, -0.15) is 4.31 Å². The van der Waals surface area contributed by atoms with E-state index < -0.39 is 15.9 Å². The van der Waals surface area contributed by atoms with Gasteiger partial charge >= 0.3 is 0 Å². The van der Waals surface area contributed by atoms with Crippen molar-refractivity contribution in [3.05, 3.63) is 58.1 Å². The summed E-state index contributed by atoms with van der Waals surface area (Å²) in [6.45, 7) is 1.47. The first-order chi connectivity index (χ1) is 14.4. The molecule has 1 aliphatic rings. The third kappa shape index (κ3) is 5.88. The second kappa shape index (κ2) is 10.5. The van der Waals surface area contributed by atoms with Gasteiger partial charge in [-0.15, -0.1) is 0 Å². The van der Waals surface area contributed by atoms with Crippen molar-refractivity contribution >= 4 is 39.1 Å². The van der Waals surface area contributed by atoms with Crippen LogP contribution in [-0.2, 0) is 10.0 Å². The Labute approximate surface area is 187 Å². The van der Waals surface area contributed by atoms with E-state index in [1.807, 2.05) is 0 Å². The first-order valence-electron chi connectivity index (χ1n) is 9.84. The number of carbonyl (C=O) groups excluding carboxylic acids is 1. The van der Waals surface area contributed by atoms with Gasteiger partial charge in [-0.3, -0.25) is 4.79 Å². The zero-order valence-electron chi connectivity index (χ0n) is 16.4. The minimum atomic E-state index is -3.66. The molecule has 0 atom stereocenters. The Hall–Kier alpha value is -1.80. The second-order valence-electron chi connectivity index (χ2n) is 7.02. The molecule has 0 aromatic heterocycles. The summed E-state index contributed by atoms with van der Waals surface area (Å²) in [6.07, 6.45) is 3.73. The van der Waals surface area contributed by atoms with Crippen LogP contribution >= 0.6 is 23.2 Å². The molecule has 2 aromatic carbocycles. The average Bonchev–Trinajstić information content (AvgIpc) is 3.03. The molecule has 0 bridgehead atoms. The Morgan fingerprint density at radius 2 is 1.67 bits per heavy atom. The number of carbonyl (C=O) groups is 1. The molecule has 0 saturated carbocycles. The minimum absolute atomic E-state index is 0.0800. The Kier molecular flexibility index (Phi) is 7.99. The van der Waals surface area contributed by atoms with Gasteiger partial charge in [0.25, 0.3) is 5.91 Å². The van der Waals surface area contributed by atoms with Gasteiger partial charge in [0.1, 0.15) is 12.4 Å². The summed E-state index contributed by atoms with van der Waals surface area (Å²) in [4.78, 5) is 12.6. The van der Waals surface area contributed by atoms with Crippen LogP contribution in [0, 0.1) is 0 Å². The highest BCUT2D eigenvalue weighted by Gasteiger charge is 2.26. The Morgan fingerprint density at radius 3 is 2.33 bits per heavy atom. The van der Waals surface area contributed by atoms with E-state index in [1.165, 1.54) is 22.5 Å². The smallest absolute Gasteiger partial charge is 0.252 e. The van der Waals surface area contributed by atoms with E-state index >= 15 is 0 Å². The summed E-state index contributed by atoms with van der Waals surface area (Å²) in [5.74, 6) is 0.185. The summed E-state index contributed by atoms with van der Waals surface area (Å²) in [6, 6.07) is 11.1. The molecular weight excluding hydrogens is 447 g/mol. The highest BCUT2D eigenvalue weighted by Crippen LogP contribution is 2.25. The standard InChI is InChI=1S/C21H24Cl2N2O4S/c22-16-5-7-17(8-6-16)29-14-11-24-21(26)19-15-18(9-10-20(19)23)30(27,28)25-12-3-1-2-4-13-25/h5-10,15H,1-4,11-14H2,(H,24,26). The number of benzene rings is 2. The molecule has 1 amide bonds. The number of sulfonamides is 1. The van der Waals surface area contributed by atoms with Crippen LogP contribution in [0.25, 0.3) is 0 Å². The maximum atomic E-state index is 13.0. The molecule has 3 rings (SSSR count). The van der Waals surface area contributed by atoms with Gasteiger partial charge in [0, 0.05) is 18.1 Å². The molecule has 0 unspecified atom stereocenters. The van der Waals surface area contributed by atoms with Crippen molar-refractivity contribution in [2.24, 2.45) is 0 Å². The Balaban J connectivity index is 1.63. The quantitative estimate of drug-likeness (QED) is 0.609. The van der Waals surface area contributed by atoms with Gasteiger partial charge in [-0.1, -0.05) is 36.0 Å². The van der Waals surface area contributed by atoms with E-state index in [1.54, 1.807) is 24.3 Å². The lowest BCUT2D eigenvalue weighted by molar-refractivity contribution is 0.0947. The minimum Gasteiger partial charge on any atom is -0.492 e. The van der Waals surface area contributed by atoms with Crippen molar-refractivity contribution in [3.63, 3.8) is 0 Å². The van der Waals surface area contributed by atoms with Crippen LogP contribution in [-0.4, -0.2) is 44.9 Å². The monoisotopic (exact) mass is 470 g/mol. The number of rotatable bonds is 7. The molecule has 9 heteroatoms. The maximum Gasteiger partial charge on any atom is 0.252 e. The number of ether oxygens (including phenoxy) is 1. The number of nitrogens with one attached hydrogen (secondary N) is 1. The van der Waals surface area contributed by atoms with Crippen molar-refractivity contribution in [2.45, 2.75) is 30.6 Å². The van der Waals surface area contributed by atoms with E-state index in [9.17, 15) is 13.2 Å². The maximum absolute atomic E-state index is 13.0. The fourth-order valence-corrected chi connectivity index (χ4v) is 5.10. The summed E-state index contributed by atoms with van der Waals surface area (Å²) < 4.78 is 33.0. The summed E-state index contributed by atoms with van der Waals surface area (Å²) >= 11 is 12.0. The molecule has 0 aliphatic carbocycles. The third-order valence-electron chi connectivity index (χ3n) is 4.86. The van der Waals surface area contributed by atoms with Crippen LogP contribution in [0.15, 0.2) is 47.4 Å². The van der Waals surface area contributed by atoms with E-state index in [4.69, 9.17) is 27.9 Å². The molecule has 6 nitrogen and oxygen atoms in total. The molecular formula is C21H24Cl2N2O4S. The highest BCUT2D eigenvalue weighted by molar-refractivity contribution is 7.89. The number of amides is 1. The largest absolute Gasteiger partial charge is 0.492 e. The molecule has 0 radical (unpaired) electrons. The molecule has 162 valence electrons. The second-order valence-corrected chi connectivity index (χ2v) is 9.80. The third-order valence-corrected chi connectivity index (χ3v) is 7.33. The summed E-state index contributed by atoms with van der Waals surface area (Å²) in [5, 5.41) is 3.51. The predicted molar refractivity (Wildman–Crippen MR) is 118 cm³/mol. The van der Waals surface area contributed by atoms with Crippen LogP contribution < -0.4 is 10.1 Å². The number of hydrogen-bond acceptors (Lipinski definition) is 4.